The topological polar surface area (TPSA) is 84.9 Å². The number of nitrogens with zero attached hydrogens (tertiary/aromatic N) is 1. The van der Waals surface area contributed by atoms with E-state index in [9.17, 15) is 14.4 Å². The highest BCUT2D eigenvalue weighted by atomic mass is 79.9. The summed E-state index contributed by atoms with van der Waals surface area (Å²) in [5, 5.41) is 2.86. The average molecular weight is 650 g/mol. The van der Waals surface area contributed by atoms with E-state index < -0.39 is 5.92 Å². The maximum atomic E-state index is 13.9. The molecule has 43 heavy (non-hydrogen) atoms. The molecule has 0 saturated carbocycles. The molecular formula is C35H41BrN2O5. The second kappa shape index (κ2) is 11.6. The van der Waals surface area contributed by atoms with Crippen molar-refractivity contribution in [3.05, 3.63) is 74.5 Å². The van der Waals surface area contributed by atoms with E-state index in [1.54, 1.807) is 0 Å². The number of hydrogen-bond acceptors (Lipinski definition) is 6. The van der Waals surface area contributed by atoms with Gasteiger partial charge >= 0.3 is 0 Å². The van der Waals surface area contributed by atoms with Crippen molar-refractivity contribution in [2.24, 2.45) is 10.8 Å². The van der Waals surface area contributed by atoms with Crippen LogP contribution < -0.4 is 14.8 Å². The van der Waals surface area contributed by atoms with Gasteiger partial charge in [-0.15, -0.1) is 0 Å². The van der Waals surface area contributed by atoms with Crippen LogP contribution in [-0.4, -0.2) is 42.6 Å². The maximum absolute atomic E-state index is 13.9. The molecule has 7 nitrogen and oxygen atoms in total. The van der Waals surface area contributed by atoms with E-state index >= 15 is 0 Å². The highest BCUT2D eigenvalue weighted by molar-refractivity contribution is 9.10. The monoisotopic (exact) mass is 648 g/mol. The highest BCUT2D eigenvalue weighted by Crippen LogP contribution is 2.55. The Balaban J connectivity index is 1.55. The fraction of sp³-hybridized carbons (Fsp3) is 0.457. The summed E-state index contributed by atoms with van der Waals surface area (Å²) in [6, 6.07) is 11.3. The van der Waals surface area contributed by atoms with E-state index in [2.05, 4.69) is 53.8 Å². The van der Waals surface area contributed by atoms with Crippen molar-refractivity contribution in [1.82, 2.24) is 4.90 Å². The summed E-state index contributed by atoms with van der Waals surface area (Å²) < 4.78 is 12.6. The first kappa shape index (κ1) is 31.0. The van der Waals surface area contributed by atoms with Crippen LogP contribution in [0.3, 0.4) is 0 Å². The zero-order valence-electron chi connectivity index (χ0n) is 26.2. The van der Waals surface area contributed by atoms with Crippen LogP contribution in [0.25, 0.3) is 0 Å². The fourth-order valence-corrected chi connectivity index (χ4v) is 7.29. The largest absolute Gasteiger partial charge is 0.490 e. The third kappa shape index (κ3) is 6.30. The predicted molar refractivity (Wildman–Crippen MR) is 171 cm³/mol. The van der Waals surface area contributed by atoms with Crippen molar-refractivity contribution in [3.63, 3.8) is 0 Å². The number of aryl methyl sites for hydroxylation is 1. The highest BCUT2D eigenvalue weighted by Gasteiger charge is 2.48. The number of halogens is 1. The lowest BCUT2D eigenvalue weighted by molar-refractivity contribution is -0.120. The van der Waals surface area contributed by atoms with E-state index in [1.165, 1.54) is 0 Å². The molecule has 5 rings (SSSR count). The van der Waals surface area contributed by atoms with Crippen LogP contribution in [0.4, 0.5) is 5.69 Å². The molecule has 1 amide bonds. The van der Waals surface area contributed by atoms with Crippen molar-refractivity contribution in [3.8, 4) is 11.5 Å². The summed E-state index contributed by atoms with van der Waals surface area (Å²) in [6.07, 6.45) is 2.36. The molecule has 0 bridgehead atoms. The Morgan fingerprint density at radius 2 is 1.56 bits per heavy atom. The molecule has 0 saturated heterocycles. The van der Waals surface area contributed by atoms with Gasteiger partial charge in [0.25, 0.3) is 5.91 Å². The molecule has 3 aliphatic rings. The Kier molecular flexibility index (Phi) is 8.38. The van der Waals surface area contributed by atoms with Gasteiger partial charge in [0.2, 0.25) is 0 Å². The van der Waals surface area contributed by atoms with Crippen molar-refractivity contribution >= 4 is 39.1 Å². The molecule has 228 valence electrons. The summed E-state index contributed by atoms with van der Waals surface area (Å²) in [6.45, 7) is 12.5. The molecule has 0 fully saturated rings. The molecule has 2 aromatic rings. The molecule has 1 N–H and O–H groups in total. The first-order valence-electron chi connectivity index (χ1n) is 14.9. The number of amides is 1. The van der Waals surface area contributed by atoms with Crippen LogP contribution in [0.2, 0.25) is 0 Å². The first-order valence-corrected chi connectivity index (χ1v) is 15.7. The number of hydrogen-bond donors (Lipinski definition) is 1. The number of anilines is 1. The maximum Gasteiger partial charge on any atom is 0.262 e. The Morgan fingerprint density at radius 3 is 2.12 bits per heavy atom. The predicted octanol–water partition coefficient (Wildman–Crippen LogP) is 7.49. The third-order valence-electron chi connectivity index (χ3n) is 8.49. The van der Waals surface area contributed by atoms with Gasteiger partial charge in [-0.25, -0.2) is 0 Å². The smallest absolute Gasteiger partial charge is 0.262 e. The van der Waals surface area contributed by atoms with Gasteiger partial charge in [0.15, 0.2) is 29.7 Å². The van der Waals surface area contributed by atoms with Gasteiger partial charge in [-0.2, -0.15) is 0 Å². The summed E-state index contributed by atoms with van der Waals surface area (Å²) >= 11 is 3.67. The van der Waals surface area contributed by atoms with Crippen molar-refractivity contribution in [2.75, 3.05) is 25.6 Å². The molecule has 0 spiro atoms. The summed E-state index contributed by atoms with van der Waals surface area (Å²) in [7, 11) is 2.00. The van der Waals surface area contributed by atoms with Gasteiger partial charge in [-0.1, -0.05) is 39.8 Å². The Labute approximate surface area is 262 Å². The van der Waals surface area contributed by atoms with Crippen LogP contribution in [-0.2, 0) is 14.4 Å². The zero-order chi connectivity index (χ0) is 31.3. The van der Waals surface area contributed by atoms with Gasteiger partial charge in [0, 0.05) is 54.0 Å². The summed E-state index contributed by atoms with van der Waals surface area (Å²) in [4.78, 5) is 42.6. The van der Waals surface area contributed by atoms with Crippen LogP contribution in [0.5, 0.6) is 11.5 Å². The number of benzene rings is 2. The van der Waals surface area contributed by atoms with E-state index in [4.69, 9.17) is 9.47 Å². The fourth-order valence-electron chi connectivity index (χ4n) is 6.71. The molecule has 8 heteroatoms. The van der Waals surface area contributed by atoms with Gasteiger partial charge in [0.1, 0.15) is 0 Å². The molecule has 1 aliphatic heterocycles. The lowest BCUT2D eigenvalue weighted by Gasteiger charge is -2.48. The Hall–Kier alpha value is -3.39. The lowest BCUT2D eigenvalue weighted by Crippen LogP contribution is -2.43. The zero-order valence-corrected chi connectivity index (χ0v) is 27.7. The summed E-state index contributed by atoms with van der Waals surface area (Å²) in [5.74, 6) is 0.209. The minimum absolute atomic E-state index is 0.0783. The number of carbonyl (C=O) groups is 3. The van der Waals surface area contributed by atoms with Crippen molar-refractivity contribution in [2.45, 2.75) is 73.1 Å². The third-order valence-corrected chi connectivity index (χ3v) is 9.08. The average Bonchev–Trinajstić information content (AvgIpc) is 2.88. The molecule has 0 unspecified atom stereocenters. The Bertz CT molecular complexity index is 1510. The normalized spacial score (nSPS) is 19.7. The molecule has 2 aliphatic carbocycles. The van der Waals surface area contributed by atoms with E-state index in [0.717, 1.165) is 35.4 Å². The van der Waals surface area contributed by atoms with E-state index in [1.807, 2.05) is 57.3 Å². The van der Waals surface area contributed by atoms with E-state index in [0.29, 0.717) is 52.3 Å². The summed E-state index contributed by atoms with van der Waals surface area (Å²) in [5.41, 5.74) is 5.59. The van der Waals surface area contributed by atoms with Crippen molar-refractivity contribution in [1.29, 1.82) is 0 Å². The standard InChI is InChI=1S/C35H41BrN2O5/c1-8-42-28-14-21(13-23(36)33(28)43-19-29(41)37-22-11-9-10-20(2)12-22)30-31-24(15-34(3,4)17-26(31)39)38(7)25-16-35(5,6)18-27(40)32(25)30/h9-14,30H,8,15-19H2,1-7H3,(H,37,41). The number of nitrogens with one attached hydrogen (secondary N) is 1. The second-order valence-electron chi connectivity index (χ2n) is 13.6. The van der Waals surface area contributed by atoms with Crippen LogP contribution in [0.15, 0.2) is 63.4 Å². The molecule has 1 heterocycles. The number of ketones is 2. The van der Waals surface area contributed by atoms with Gasteiger partial charge in [0.05, 0.1) is 11.1 Å². The SMILES string of the molecule is CCOc1cc(C2C3=C(CC(C)(C)CC3=O)N(C)C3=C2C(=O)CC(C)(C)C3)cc(Br)c1OCC(=O)Nc1cccc(C)c1. The van der Waals surface area contributed by atoms with Crippen LogP contribution >= 0.6 is 15.9 Å². The van der Waals surface area contributed by atoms with Crippen LogP contribution in [0.1, 0.15) is 77.3 Å². The van der Waals surface area contributed by atoms with E-state index in [-0.39, 0.29) is 34.9 Å². The minimum atomic E-state index is -0.498. The molecule has 0 atom stereocenters. The van der Waals surface area contributed by atoms with Crippen LogP contribution in [0, 0.1) is 17.8 Å². The van der Waals surface area contributed by atoms with Gasteiger partial charge < -0.3 is 19.7 Å². The van der Waals surface area contributed by atoms with Gasteiger partial charge in [-0.05, 0) is 88.8 Å². The number of carbonyl (C=O) groups excluding carboxylic acids is 3. The Morgan fingerprint density at radius 1 is 0.953 bits per heavy atom. The quantitative estimate of drug-likeness (QED) is 0.335. The van der Waals surface area contributed by atoms with Gasteiger partial charge in [-0.3, -0.25) is 14.4 Å². The number of rotatable bonds is 7. The number of ether oxygens (including phenoxy) is 2. The van der Waals surface area contributed by atoms with Crippen molar-refractivity contribution < 1.29 is 23.9 Å². The second-order valence-corrected chi connectivity index (χ2v) is 14.4. The number of Topliss-reactive ketones (excluding diaryl/α,β-unsaturated/α-hetero) is 2. The molecular weight excluding hydrogens is 608 g/mol. The molecule has 0 aromatic heterocycles. The molecule has 2 aromatic carbocycles. The lowest BCUT2D eigenvalue weighted by atomic mass is 9.64. The number of allylic oxidation sites excluding steroid dienone is 4. The first-order chi connectivity index (χ1) is 20.2. The molecule has 0 radical (unpaired) electrons. The minimum Gasteiger partial charge on any atom is -0.490 e.